The maximum absolute atomic E-state index is 5.87. The van der Waals surface area contributed by atoms with Gasteiger partial charge in [-0.05, 0) is 24.4 Å². The SMILES string of the molecule is Cc1oc(-c2ccsc2)nc1CN1CCO[C@@H](Cn2cccn2)C1. The Labute approximate surface area is 144 Å². The number of hydrogen-bond donors (Lipinski definition) is 0. The van der Waals surface area contributed by atoms with E-state index in [4.69, 9.17) is 9.15 Å². The molecule has 0 saturated carbocycles. The van der Waals surface area contributed by atoms with E-state index in [0.717, 1.165) is 49.8 Å². The second-order valence-electron chi connectivity index (χ2n) is 5.99. The maximum atomic E-state index is 5.87. The first-order valence-electron chi connectivity index (χ1n) is 8.08. The van der Waals surface area contributed by atoms with Crippen LogP contribution in [0.4, 0.5) is 0 Å². The van der Waals surface area contributed by atoms with Crippen LogP contribution >= 0.6 is 11.3 Å². The summed E-state index contributed by atoms with van der Waals surface area (Å²) in [5, 5.41) is 8.35. The number of aryl methyl sites for hydroxylation is 1. The van der Waals surface area contributed by atoms with Crippen molar-refractivity contribution in [3.05, 3.63) is 46.7 Å². The van der Waals surface area contributed by atoms with E-state index in [2.05, 4.69) is 20.4 Å². The van der Waals surface area contributed by atoms with Crippen molar-refractivity contribution < 1.29 is 9.15 Å². The number of morpholine rings is 1. The van der Waals surface area contributed by atoms with Crippen molar-refractivity contribution in [3.63, 3.8) is 0 Å². The molecule has 3 aromatic heterocycles. The standard InChI is InChI=1S/C17H20N4O2S/c1-13-16(19-17(23-13)14-3-8-24-12-14)11-20-6-7-22-15(9-20)10-21-5-2-4-18-21/h2-5,8,12,15H,6-7,9-11H2,1H3/t15-/m1/s1. The smallest absolute Gasteiger partial charge is 0.227 e. The molecule has 24 heavy (non-hydrogen) atoms. The fraction of sp³-hybridized carbons (Fsp3) is 0.412. The van der Waals surface area contributed by atoms with Crippen molar-refractivity contribution in [2.75, 3.05) is 19.7 Å². The lowest BCUT2D eigenvalue weighted by molar-refractivity contribution is -0.0406. The van der Waals surface area contributed by atoms with E-state index < -0.39 is 0 Å². The maximum Gasteiger partial charge on any atom is 0.227 e. The van der Waals surface area contributed by atoms with Gasteiger partial charge in [-0.25, -0.2) is 4.98 Å². The van der Waals surface area contributed by atoms with Gasteiger partial charge in [-0.3, -0.25) is 9.58 Å². The molecule has 4 heterocycles. The molecule has 0 N–H and O–H groups in total. The molecule has 1 aliphatic heterocycles. The number of aromatic nitrogens is 3. The van der Waals surface area contributed by atoms with E-state index in [0.29, 0.717) is 5.89 Å². The van der Waals surface area contributed by atoms with Gasteiger partial charge in [0.1, 0.15) is 5.76 Å². The minimum absolute atomic E-state index is 0.155. The minimum atomic E-state index is 0.155. The summed E-state index contributed by atoms with van der Waals surface area (Å²) in [6, 6.07) is 3.97. The second-order valence-corrected chi connectivity index (χ2v) is 6.77. The lowest BCUT2D eigenvalue weighted by atomic mass is 10.2. The van der Waals surface area contributed by atoms with Crippen LogP contribution in [0.5, 0.6) is 0 Å². The third-order valence-corrected chi connectivity index (χ3v) is 4.89. The predicted octanol–water partition coefficient (Wildman–Crippen LogP) is 2.81. The molecule has 126 valence electrons. The summed E-state index contributed by atoms with van der Waals surface area (Å²) in [6.45, 7) is 6.08. The van der Waals surface area contributed by atoms with Gasteiger partial charge in [-0.2, -0.15) is 16.4 Å². The van der Waals surface area contributed by atoms with Crippen LogP contribution in [0.3, 0.4) is 0 Å². The van der Waals surface area contributed by atoms with Crippen LogP contribution in [-0.4, -0.2) is 45.5 Å². The highest BCUT2D eigenvalue weighted by Crippen LogP contribution is 2.24. The molecule has 3 aromatic rings. The van der Waals surface area contributed by atoms with Gasteiger partial charge < -0.3 is 9.15 Å². The van der Waals surface area contributed by atoms with E-state index in [-0.39, 0.29) is 6.10 Å². The van der Waals surface area contributed by atoms with Gasteiger partial charge in [-0.15, -0.1) is 0 Å². The van der Waals surface area contributed by atoms with E-state index in [1.54, 1.807) is 17.5 Å². The van der Waals surface area contributed by atoms with Crippen molar-refractivity contribution in [1.82, 2.24) is 19.7 Å². The van der Waals surface area contributed by atoms with Crippen LogP contribution in [0.1, 0.15) is 11.5 Å². The normalized spacial score (nSPS) is 19.0. The zero-order valence-corrected chi connectivity index (χ0v) is 14.4. The molecule has 4 rings (SSSR count). The number of rotatable bonds is 5. The van der Waals surface area contributed by atoms with Gasteiger partial charge in [0, 0.05) is 43.0 Å². The summed E-state index contributed by atoms with van der Waals surface area (Å²) in [5.41, 5.74) is 2.06. The molecule has 0 unspecified atom stereocenters. The van der Waals surface area contributed by atoms with Gasteiger partial charge in [-0.1, -0.05) is 0 Å². The average molecular weight is 344 g/mol. The van der Waals surface area contributed by atoms with Crippen LogP contribution in [0.2, 0.25) is 0 Å². The molecule has 7 heteroatoms. The monoisotopic (exact) mass is 344 g/mol. The number of hydrogen-bond acceptors (Lipinski definition) is 6. The second kappa shape index (κ2) is 6.88. The summed E-state index contributed by atoms with van der Waals surface area (Å²) < 4.78 is 13.6. The van der Waals surface area contributed by atoms with E-state index in [1.165, 1.54) is 0 Å². The fourth-order valence-corrected chi connectivity index (χ4v) is 3.58. The first kappa shape index (κ1) is 15.6. The highest BCUT2D eigenvalue weighted by atomic mass is 32.1. The molecular formula is C17H20N4O2S. The first-order chi connectivity index (χ1) is 11.8. The Morgan fingerprint density at radius 1 is 1.42 bits per heavy atom. The van der Waals surface area contributed by atoms with Crippen LogP contribution in [0.15, 0.2) is 39.7 Å². The molecule has 1 fully saturated rings. The first-order valence-corrected chi connectivity index (χ1v) is 9.02. The van der Waals surface area contributed by atoms with Crippen LogP contribution in [-0.2, 0) is 17.8 Å². The number of oxazole rings is 1. The zero-order valence-electron chi connectivity index (χ0n) is 13.6. The van der Waals surface area contributed by atoms with E-state index in [9.17, 15) is 0 Å². The van der Waals surface area contributed by atoms with Gasteiger partial charge in [0.25, 0.3) is 0 Å². The summed E-state index contributed by atoms with van der Waals surface area (Å²) in [5.74, 6) is 1.61. The number of ether oxygens (including phenoxy) is 1. The van der Waals surface area contributed by atoms with Crippen molar-refractivity contribution in [2.45, 2.75) is 26.1 Å². The molecule has 1 atom stereocenters. The Kier molecular flexibility index (Phi) is 4.46. The summed E-state index contributed by atoms with van der Waals surface area (Å²) >= 11 is 1.65. The molecule has 0 amide bonds. The van der Waals surface area contributed by atoms with Gasteiger partial charge in [0.05, 0.1) is 24.9 Å². The highest BCUT2D eigenvalue weighted by Gasteiger charge is 2.23. The zero-order chi connectivity index (χ0) is 16.4. The summed E-state index contributed by atoms with van der Waals surface area (Å²) in [6.07, 6.45) is 3.92. The lowest BCUT2D eigenvalue weighted by Crippen LogP contribution is -2.43. The lowest BCUT2D eigenvalue weighted by Gasteiger charge is -2.32. The van der Waals surface area contributed by atoms with Crippen molar-refractivity contribution in [3.8, 4) is 11.5 Å². The third-order valence-electron chi connectivity index (χ3n) is 4.21. The number of thiophene rings is 1. The molecule has 1 aliphatic rings. The Morgan fingerprint density at radius 2 is 2.38 bits per heavy atom. The van der Waals surface area contributed by atoms with Gasteiger partial charge in [0.15, 0.2) is 0 Å². The molecule has 0 aromatic carbocycles. The Morgan fingerprint density at radius 3 is 3.17 bits per heavy atom. The summed E-state index contributed by atoms with van der Waals surface area (Å²) in [7, 11) is 0. The predicted molar refractivity (Wildman–Crippen MR) is 91.8 cm³/mol. The Hall–Kier alpha value is -1.96. The van der Waals surface area contributed by atoms with Crippen LogP contribution < -0.4 is 0 Å². The third kappa shape index (κ3) is 3.43. The number of nitrogens with zero attached hydrogens (tertiary/aromatic N) is 4. The Bertz CT molecular complexity index is 767. The van der Waals surface area contributed by atoms with Gasteiger partial charge >= 0.3 is 0 Å². The summed E-state index contributed by atoms with van der Waals surface area (Å²) in [4.78, 5) is 7.06. The molecular weight excluding hydrogens is 324 g/mol. The van der Waals surface area contributed by atoms with Crippen molar-refractivity contribution >= 4 is 11.3 Å². The van der Waals surface area contributed by atoms with Gasteiger partial charge in [0.2, 0.25) is 5.89 Å². The van der Waals surface area contributed by atoms with Crippen LogP contribution in [0, 0.1) is 6.92 Å². The van der Waals surface area contributed by atoms with E-state index in [1.807, 2.05) is 35.3 Å². The molecule has 0 radical (unpaired) electrons. The Balaban J connectivity index is 1.41. The topological polar surface area (TPSA) is 56.3 Å². The molecule has 1 saturated heterocycles. The minimum Gasteiger partial charge on any atom is -0.441 e. The molecule has 6 nitrogen and oxygen atoms in total. The molecule has 0 aliphatic carbocycles. The van der Waals surface area contributed by atoms with Crippen LogP contribution in [0.25, 0.3) is 11.5 Å². The molecule has 0 bridgehead atoms. The van der Waals surface area contributed by atoms with Crippen molar-refractivity contribution in [2.24, 2.45) is 0 Å². The largest absolute Gasteiger partial charge is 0.441 e. The molecule has 0 spiro atoms. The highest BCUT2D eigenvalue weighted by molar-refractivity contribution is 7.08. The quantitative estimate of drug-likeness (QED) is 0.712. The average Bonchev–Trinajstić information content (AvgIpc) is 3.31. The van der Waals surface area contributed by atoms with E-state index >= 15 is 0 Å². The fourth-order valence-electron chi connectivity index (χ4n) is 2.95. The van der Waals surface area contributed by atoms with Crippen molar-refractivity contribution in [1.29, 1.82) is 0 Å².